The molecule has 0 atom stereocenters. The molecule has 0 bridgehead atoms. The molecule has 8 nitrogen and oxygen atoms in total. The summed E-state index contributed by atoms with van der Waals surface area (Å²) in [4.78, 5) is 21.4. The van der Waals surface area contributed by atoms with E-state index in [1.807, 2.05) is 0 Å². The molecule has 0 radical (unpaired) electrons. The van der Waals surface area contributed by atoms with Crippen molar-refractivity contribution < 1.29 is 34.0 Å². The second-order valence-electron chi connectivity index (χ2n) is 5.14. The number of nitrogens with one attached hydrogen (secondary N) is 1. The average molecular weight is 375 g/mol. The van der Waals surface area contributed by atoms with Crippen molar-refractivity contribution >= 4 is 12.0 Å². The zero-order valence-corrected chi connectivity index (χ0v) is 15.0. The molecule has 0 heterocycles. The zero-order valence-electron chi connectivity index (χ0n) is 15.0. The third-order valence-corrected chi connectivity index (χ3v) is 3.38. The van der Waals surface area contributed by atoms with E-state index in [1.54, 1.807) is 56.7 Å². The first kappa shape index (κ1) is 20.1. The van der Waals surface area contributed by atoms with Crippen LogP contribution >= 0.6 is 0 Å². The second-order valence-corrected chi connectivity index (χ2v) is 5.14. The molecule has 0 aromatic heterocycles. The number of ether oxygens (including phenoxy) is 3. The van der Waals surface area contributed by atoms with Crippen molar-refractivity contribution in [3.8, 4) is 23.0 Å². The molecular weight excluding hydrogens is 354 g/mol. The van der Waals surface area contributed by atoms with E-state index in [-0.39, 0.29) is 13.2 Å². The van der Waals surface area contributed by atoms with Crippen LogP contribution in [0.15, 0.2) is 48.5 Å². The summed E-state index contributed by atoms with van der Waals surface area (Å²) in [6.45, 7) is 0.375. The molecule has 0 fully saturated rings. The van der Waals surface area contributed by atoms with Crippen LogP contribution in [0, 0.1) is 0 Å². The number of carbonyl (C=O) groups excluding carboxylic acids is 1. The number of hydrogen-bond acceptors (Lipinski definition) is 7. The van der Waals surface area contributed by atoms with Crippen molar-refractivity contribution in [1.82, 2.24) is 5.48 Å². The van der Waals surface area contributed by atoms with Gasteiger partial charge in [-0.3, -0.25) is 10.0 Å². The molecule has 144 valence electrons. The van der Waals surface area contributed by atoms with Gasteiger partial charge in [-0.05, 0) is 42.5 Å². The molecule has 8 heteroatoms. The predicted octanol–water partition coefficient (Wildman–Crippen LogP) is 2.61. The van der Waals surface area contributed by atoms with E-state index in [0.29, 0.717) is 22.8 Å². The molecule has 0 aliphatic rings. The Morgan fingerprint density at radius 2 is 1.67 bits per heavy atom. The summed E-state index contributed by atoms with van der Waals surface area (Å²) in [5, 5.41) is 8.55. The van der Waals surface area contributed by atoms with E-state index in [0.717, 1.165) is 5.75 Å². The fraction of sp³-hybridized carbons (Fsp3) is 0.211. The highest BCUT2D eigenvalue weighted by Crippen LogP contribution is 2.26. The Bertz CT molecular complexity index is 759. The fourth-order valence-electron chi connectivity index (χ4n) is 2.03. The third-order valence-electron chi connectivity index (χ3n) is 3.38. The van der Waals surface area contributed by atoms with Crippen LogP contribution in [-0.4, -0.2) is 38.5 Å². The number of methoxy groups -OCH3 is 2. The maximum absolute atomic E-state index is 11.1. The van der Waals surface area contributed by atoms with Crippen molar-refractivity contribution in [3.63, 3.8) is 0 Å². The van der Waals surface area contributed by atoms with E-state index in [9.17, 15) is 4.79 Å². The zero-order chi connectivity index (χ0) is 19.5. The van der Waals surface area contributed by atoms with Gasteiger partial charge >= 0.3 is 0 Å². The summed E-state index contributed by atoms with van der Waals surface area (Å²) in [7, 11) is 3.13. The lowest BCUT2D eigenvalue weighted by molar-refractivity contribution is -0.210. The van der Waals surface area contributed by atoms with Gasteiger partial charge < -0.3 is 19.1 Å². The van der Waals surface area contributed by atoms with Crippen LogP contribution < -0.4 is 24.6 Å². The van der Waals surface area contributed by atoms with Crippen LogP contribution in [0.1, 0.15) is 5.56 Å². The summed E-state index contributed by atoms with van der Waals surface area (Å²) in [5.41, 5.74) is 2.16. The molecule has 27 heavy (non-hydrogen) atoms. The second kappa shape index (κ2) is 10.7. The molecule has 0 saturated carbocycles. The molecule has 2 aromatic carbocycles. The Morgan fingerprint density at radius 3 is 2.33 bits per heavy atom. The molecule has 0 aliphatic heterocycles. The molecule has 2 aromatic rings. The molecule has 0 aliphatic carbocycles. The molecule has 1 amide bonds. The number of carbonyl (C=O) groups is 1. The van der Waals surface area contributed by atoms with Gasteiger partial charge in [0.25, 0.3) is 5.91 Å². The Kier molecular flexibility index (Phi) is 7.95. The van der Waals surface area contributed by atoms with E-state index in [4.69, 9.17) is 29.2 Å². The van der Waals surface area contributed by atoms with Crippen molar-refractivity contribution in [2.75, 3.05) is 27.4 Å². The van der Waals surface area contributed by atoms with Crippen molar-refractivity contribution in [2.45, 2.75) is 0 Å². The summed E-state index contributed by atoms with van der Waals surface area (Å²) < 4.78 is 15.9. The van der Waals surface area contributed by atoms with E-state index >= 15 is 0 Å². The predicted molar refractivity (Wildman–Crippen MR) is 97.0 cm³/mol. The standard InChI is InChI=1S/C19H21NO7/c1-23-15-6-8-16(9-7-15)27-26-12-11-25-18-13-17(24-2)5-3-14(18)4-10-19(21)20-22/h3-10,13,22H,11-12H2,1-2H3,(H,20,21)/b10-4+. The first-order chi connectivity index (χ1) is 13.2. The van der Waals surface area contributed by atoms with Crippen molar-refractivity contribution in [2.24, 2.45) is 0 Å². The number of hydrogen-bond donors (Lipinski definition) is 2. The van der Waals surface area contributed by atoms with Crippen LogP contribution in [-0.2, 0) is 9.68 Å². The largest absolute Gasteiger partial charge is 0.497 e. The first-order valence-electron chi connectivity index (χ1n) is 8.02. The Balaban J connectivity index is 1.87. The van der Waals surface area contributed by atoms with Gasteiger partial charge in [0.05, 0.1) is 14.2 Å². The first-order valence-corrected chi connectivity index (χ1v) is 8.02. The number of benzene rings is 2. The Morgan fingerprint density at radius 1 is 1.00 bits per heavy atom. The summed E-state index contributed by atoms with van der Waals surface area (Å²) in [5.74, 6) is 1.71. The van der Waals surface area contributed by atoms with Gasteiger partial charge in [0.15, 0.2) is 5.75 Å². The fourth-order valence-corrected chi connectivity index (χ4v) is 2.03. The SMILES string of the molecule is COc1ccc(OOCCOc2cc(OC)ccc2/C=C/C(=O)NO)cc1. The Labute approximate surface area is 156 Å². The minimum Gasteiger partial charge on any atom is -0.497 e. The molecule has 2 rings (SSSR count). The van der Waals surface area contributed by atoms with Crippen LogP contribution in [0.2, 0.25) is 0 Å². The van der Waals surface area contributed by atoms with Gasteiger partial charge in [0, 0.05) is 17.7 Å². The monoisotopic (exact) mass is 375 g/mol. The molecule has 2 N–H and O–H groups in total. The van der Waals surface area contributed by atoms with Crippen LogP contribution in [0.3, 0.4) is 0 Å². The maximum Gasteiger partial charge on any atom is 0.267 e. The smallest absolute Gasteiger partial charge is 0.267 e. The highest BCUT2D eigenvalue weighted by Gasteiger charge is 2.05. The van der Waals surface area contributed by atoms with Gasteiger partial charge in [-0.2, -0.15) is 4.89 Å². The maximum atomic E-state index is 11.1. The van der Waals surface area contributed by atoms with E-state index < -0.39 is 5.91 Å². The highest BCUT2D eigenvalue weighted by atomic mass is 17.2. The highest BCUT2D eigenvalue weighted by molar-refractivity contribution is 5.91. The van der Waals surface area contributed by atoms with Gasteiger partial charge in [-0.15, -0.1) is 0 Å². The summed E-state index contributed by atoms with van der Waals surface area (Å²) in [6.07, 6.45) is 2.69. The number of amides is 1. The van der Waals surface area contributed by atoms with E-state index in [1.165, 1.54) is 17.6 Å². The van der Waals surface area contributed by atoms with E-state index in [2.05, 4.69) is 0 Å². The van der Waals surface area contributed by atoms with Crippen LogP contribution in [0.25, 0.3) is 6.08 Å². The molecule has 0 unspecified atom stereocenters. The normalized spacial score (nSPS) is 10.5. The van der Waals surface area contributed by atoms with Crippen molar-refractivity contribution in [1.29, 1.82) is 0 Å². The topological polar surface area (TPSA) is 95.5 Å². The third kappa shape index (κ3) is 6.53. The minimum absolute atomic E-state index is 0.170. The van der Waals surface area contributed by atoms with Crippen LogP contribution in [0.4, 0.5) is 0 Å². The quantitative estimate of drug-likeness (QED) is 0.217. The molecular formula is C19H21NO7. The minimum atomic E-state index is -0.645. The van der Waals surface area contributed by atoms with Gasteiger partial charge in [-0.1, -0.05) is 0 Å². The average Bonchev–Trinajstić information content (AvgIpc) is 2.72. The summed E-state index contributed by atoms with van der Waals surface area (Å²) in [6, 6.07) is 12.1. The number of hydroxylamine groups is 1. The number of rotatable bonds is 10. The van der Waals surface area contributed by atoms with Gasteiger partial charge in [-0.25, -0.2) is 5.48 Å². The van der Waals surface area contributed by atoms with Crippen LogP contribution in [0.5, 0.6) is 23.0 Å². The lowest BCUT2D eigenvalue weighted by atomic mass is 10.1. The molecule has 0 saturated heterocycles. The summed E-state index contributed by atoms with van der Waals surface area (Å²) >= 11 is 0. The molecule has 0 spiro atoms. The van der Waals surface area contributed by atoms with Gasteiger partial charge in [0.2, 0.25) is 0 Å². The Hall–Kier alpha value is -3.23. The van der Waals surface area contributed by atoms with Crippen molar-refractivity contribution in [3.05, 3.63) is 54.1 Å². The lowest BCUT2D eigenvalue weighted by Crippen LogP contribution is -2.14. The van der Waals surface area contributed by atoms with Gasteiger partial charge in [0.1, 0.15) is 30.5 Å². The lowest BCUT2D eigenvalue weighted by Gasteiger charge is -2.11.